The smallest absolute Gasteiger partial charge is 0.322 e. The number of hydrogen-bond donors (Lipinski definition) is 2. The van der Waals surface area contributed by atoms with Gasteiger partial charge in [0.2, 0.25) is 11.9 Å². The Hall–Kier alpha value is -1.67. The van der Waals surface area contributed by atoms with Crippen molar-refractivity contribution in [2.24, 2.45) is 0 Å². The van der Waals surface area contributed by atoms with Crippen LogP contribution >= 0.6 is 0 Å². The van der Waals surface area contributed by atoms with Gasteiger partial charge < -0.3 is 24.8 Å². The van der Waals surface area contributed by atoms with E-state index in [0.29, 0.717) is 51.4 Å². The lowest BCUT2D eigenvalue weighted by Gasteiger charge is -2.09. The van der Waals surface area contributed by atoms with Crippen LogP contribution in [0.5, 0.6) is 6.01 Å². The van der Waals surface area contributed by atoms with E-state index < -0.39 is 0 Å². The van der Waals surface area contributed by atoms with Gasteiger partial charge in [-0.3, -0.25) is 0 Å². The van der Waals surface area contributed by atoms with Gasteiger partial charge in [-0.1, -0.05) is 0 Å². The van der Waals surface area contributed by atoms with Crippen molar-refractivity contribution in [2.45, 2.75) is 13.8 Å². The highest BCUT2D eigenvalue weighted by Gasteiger charge is 2.06. The van der Waals surface area contributed by atoms with E-state index in [1.165, 1.54) is 7.11 Å². The van der Waals surface area contributed by atoms with Crippen molar-refractivity contribution in [1.29, 1.82) is 0 Å². The van der Waals surface area contributed by atoms with Crippen molar-refractivity contribution in [3.05, 3.63) is 0 Å². The topological polar surface area (TPSA) is 90.4 Å². The van der Waals surface area contributed by atoms with Gasteiger partial charge in [-0.25, -0.2) is 0 Å². The third kappa shape index (κ3) is 6.48. The highest BCUT2D eigenvalue weighted by molar-refractivity contribution is 5.35. The summed E-state index contributed by atoms with van der Waals surface area (Å²) in [4.78, 5) is 12.5. The fourth-order valence-electron chi connectivity index (χ4n) is 1.36. The van der Waals surface area contributed by atoms with Crippen LogP contribution < -0.4 is 15.4 Å². The Morgan fingerprint density at radius 1 is 0.850 bits per heavy atom. The molecule has 0 atom stereocenters. The molecule has 1 rings (SSSR count). The van der Waals surface area contributed by atoms with Gasteiger partial charge in [0.1, 0.15) is 0 Å². The minimum absolute atomic E-state index is 0.262. The zero-order valence-electron chi connectivity index (χ0n) is 12.3. The van der Waals surface area contributed by atoms with Crippen LogP contribution in [0.2, 0.25) is 0 Å². The summed E-state index contributed by atoms with van der Waals surface area (Å²) in [7, 11) is 1.52. The second-order valence-electron chi connectivity index (χ2n) is 3.72. The molecule has 0 unspecified atom stereocenters. The van der Waals surface area contributed by atoms with Gasteiger partial charge in [0.05, 0.1) is 20.3 Å². The van der Waals surface area contributed by atoms with E-state index in [9.17, 15) is 0 Å². The monoisotopic (exact) mass is 285 g/mol. The molecule has 0 aliphatic heterocycles. The molecule has 1 aromatic rings. The van der Waals surface area contributed by atoms with Crippen LogP contribution in [0.15, 0.2) is 0 Å². The highest BCUT2D eigenvalue weighted by Crippen LogP contribution is 2.10. The van der Waals surface area contributed by atoms with E-state index in [2.05, 4.69) is 25.6 Å². The molecule has 0 amide bonds. The maximum atomic E-state index is 5.24. The lowest BCUT2D eigenvalue weighted by Crippen LogP contribution is -2.15. The van der Waals surface area contributed by atoms with Crippen molar-refractivity contribution >= 4 is 11.9 Å². The van der Waals surface area contributed by atoms with Crippen LogP contribution in [0.3, 0.4) is 0 Å². The third-order valence-corrected chi connectivity index (χ3v) is 2.26. The molecule has 114 valence electrons. The van der Waals surface area contributed by atoms with Crippen LogP contribution in [0.4, 0.5) is 11.9 Å². The minimum atomic E-state index is 0.262. The molecule has 0 saturated carbocycles. The van der Waals surface area contributed by atoms with Crippen molar-refractivity contribution in [3.8, 4) is 6.01 Å². The number of methoxy groups -OCH3 is 1. The molecular formula is C12H23N5O3. The Morgan fingerprint density at radius 2 is 1.35 bits per heavy atom. The van der Waals surface area contributed by atoms with Crippen LogP contribution in [-0.2, 0) is 9.47 Å². The quantitative estimate of drug-likeness (QED) is 0.576. The Labute approximate surface area is 119 Å². The van der Waals surface area contributed by atoms with Crippen LogP contribution in [0.25, 0.3) is 0 Å². The van der Waals surface area contributed by atoms with Gasteiger partial charge in [0, 0.05) is 26.3 Å². The molecule has 8 heteroatoms. The summed E-state index contributed by atoms with van der Waals surface area (Å²) in [5.74, 6) is 0.908. The van der Waals surface area contributed by atoms with E-state index >= 15 is 0 Å². The molecule has 0 aliphatic carbocycles. The van der Waals surface area contributed by atoms with Gasteiger partial charge in [0.25, 0.3) is 0 Å². The molecule has 8 nitrogen and oxygen atoms in total. The van der Waals surface area contributed by atoms with E-state index in [1.54, 1.807) is 0 Å². The first-order valence-electron chi connectivity index (χ1n) is 6.73. The second-order valence-corrected chi connectivity index (χ2v) is 3.72. The molecule has 0 fully saturated rings. The zero-order valence-corrected chi connectivity index (χ0v) is 12.3. The van der Waals surface area contributed by atoms with Crippen LogP contribution in [0, 0.1) is 0 Å². The molecule has 0 aliphatic rings. The lowest BCUT2D eigenvalue weighted by atomic mass is 10.6. The minimum Gasteiger partial charge on any atom is -0.467 e. The van der Waals surface area contributed by atoms with Crippen LogP contribution in [-0.4, -0.2) is 61.6 Å². The molecule has 1 aromatic heterocycles. The largest absolute Gasteiger partial charge is 0.467 e. The number of aromatic nitrogens is 3. The average Bonchev–Trinajstić information content (AvgIpc) is 2.48. The zero-order chi connectivity index (χ0) is 14.6. The Kier molecular flexibility index (Phi) is 8.32. The van der Waals surface area contributed by atoms with Gasteiger partial charge >= 0.3 is 6.01 Å². The second kappa shape index (κ2) is 10.2. The number of nitrogens with zero attached hydrogens (tertiary/aromatic N) is 3. The predicted octanol–water partition coefficient (Wildman–Crippen LogP) is 0.777. The van der Waals surface area contributed by atoms with Gasteiger partial charge in [-0.15, -0.1) is 0 Å². The summed E-state index contributed by atoms with van der Waals surface area (Å²) in [6.07, 6.45) is 0. The van der Waals surface area contributed by atoms with Gasteiger partial charge in [0.15, 0.2) is 0 Å². The van der Waals surface area contributed by atoms with Crippen molar-refractivity contribution in [2.75, 3.05) is 57.3 Å². The normalized spacial score (nSPS) is 10.3. The first-order valence-corrected chi connectivity index (χ1v) is 6.73. The molecule has 0 aromatic carbocycles. The van der Waals surface area contributed by atoms with E-state index in [1.807, 2.05) is 13.8 Å². The Bertz CT molecular complexity index is 348. The average molecular weight is 285 g/mol. The summed E-state index contributed by atoms with van der Waals surface area (Å²) < 4.78 is 15.5. The summed E-state index contributed by atoms with van der Waals surface area (Å²) >= 11 is 0. The SMILES string of the molecule is CCOCCNc1nc(NCCOCC)nc(OC)n1. The number of hydrogen-bond acceptors (Lipinski definition) is 8. The van der Waals surface area contributed by atoms with Crippen LogP contribution in [0.1, 0.15) is 13.8 Å². The Morgan fingerprint density at radius 3 is 1.75 bits per heavy atom. The fourth-order valence-corrected chi connectivity index (χ4v) is 1.36. The summed E-state index contributed by atoms with van der Waals surface area (Å²) in [6.45, 7) is 7.71. The molecular weight excluding hydrogens is 262 g/mol. The molecule has 0 bridgehead atoms. The molecule has 0 spiro atoms. The fraction of sp³-hybridized carbons (Fsp3) is 0.750. The van der Waals surface area contributed by atoms with Gasteiger partial charge in [-0.2, -0.15) is 15.0 Å². The molecule has 1 heterocycles. The number of rotatable bonds is 11. The number of anilines is 2. The number of ether oxygens (including phenoxy) is 3. The van der Waals surface area contributed by atoms with E-state index in [-0.39, 0.29) is 6.01 Å². The first-order chi connectivity index (χ1) is 9.80. The summed E-state index contributed by atoms with van der Waals surface area (Å²) in [5.41, 5.74) is 0. The molecule has 0 saturated heterocycles. The molecule has 0 radical (unpaired) electrons. The number of nitrogens with one attached hydrogen (secondary N) is 2. The van der Waals surface area contributed by atoms with Crippen molar-refractivity contribution in [1.82, 2.24) is 15.0 Å². The van der Waals surface area contributed by atoms with E-state index in [4.69, 9.17) is 14.2 Å². The van der Waals surface area contributed by atoms with Crippen molar-refractivity contribution in [3.63, 3.8) is 0 Å². The third-order valence-electron chi connectivity index (χ3n) is 2.26. The maximum Gasteiger partial charge on any atom is 0.322 e. The first kappa shape index (κ1) is 16.4. The standard InChI is InChI=1S/C12H23N5O3/c1-4-19-8-6-13-10-15-11(14-7-9-20-5-2)17-12(16-10)18-3/h4-9H2,1-3H3,(H2,13,14,15,16,17). The van der Waals surface area contributed by atoms with E-state index in [0.717, 1.165) is 0 Å². The Balaban J connectivity index is 2.51. The van der Waals surface area contributed by atoms with Crippen molar-refractivity contribution < 1.29 is 14.2 Å². The lowest BCUT2D eigenvalue weighted by molar-refractivity contribution is 0.158. The molecule has 2 N–H and O–H groups in total. The molecule has 20 heavy (non-hydrogen) atoms. The van der Waals surface area contributed by atoms with Gasteiger partial charge in [-0.05, 0) is 13.8 Å². The summed E-state index contributed by atoms with van der Waals surface area (Å²) in [6, 6.07) is 0.262. The predicted molar refractivity (Wildman–Crippen MR) is 76.3 cm³/mol. The highest BCUT2D eigenvalue weighted by atomic mass is 16.5. The summed E-state index contributed by atoms with van der Waals surface area (Å²) in [5, 5.41) is 6.12. The maximum absolute atomic E-state index is 5.24.